The highest BCUT2D eigenvalue weighted by Crippen LogP contribution is 2.26. The molecule has 1 amide bonds. The van der Waals surface area contributed by atoms with E-state index in [1.165, 1.54) is 0 Å². The highest BCUT2D eigenvalue weighted by molar-refractivity contribution is 6.30. The van der Waals surface area contributed by atoms with Crippen LogP contribution < -0.4 is 10.1 Å². The number of halogens is 1. The largest absolute Gasteiger partial charge is 0.489 e. The Morgan fingerprint density at radius 1 is 1.10 bits per heavy atom. The number of hydrogen-bond donors (Lipinski definition) is 2. The van der Waals surface area contributed by atoms with Crippen LogP contribution in [0, 0.1) is 6.92 Å². The molecule has 0 saturated heterocycles. The number of aromatic nitrogens is 3. The Balaban J connectivity index is 1.45. The molecule has 4 aromatic rings. The molecular weight excluding hydrogens is 400 g/mol. The van der Waals surface area contributed by atoms with E-state index in [4.69, 9.17) is 16.3 Å². The van der Waals surface area contributed by atoms with Crippen LogP contribution in [0.3, 0.4) is 0 Å². The zero-order chi connectivity index (χ0) is 20.9. The first kappa shape index (κ1) is 19.7. The number of anilines is 1. The molecule has 0 unspecified atom stereocenters. The van der Waals surface area contributed by atoms with Crippen LogP contribution in [0.5, 0.6) is 5.75 Å². The van der Waals surface area contributed by atoms with Crippen molar-refractivity contribution in [3.05, 3.63) is 94.8 Å². The third kappa shape index (κ3) is 4.50. The molecule has 2 aromatic heterocycles. The summed E-state index contributed by atoms with van der Waals surface area (Å²) in [6, 6.07) is 18.2. The average Bonchev–Trinajstić information content (AvgIpc) is 3.13. The number of nitrogens with one attached hydrogen (secondary N) is 2. The maximum Gasteiger partial charge on any atom is 0.257 e. The lowest BCUT2D eigenvalue weighted by atomic mass is 10.1. The molecule has 0 fully saturated rings. The van der Waals surface area contributed by atoms with Gasteiger partial charge in [0.2, 0.25) is 0 Å². The number of pyridine rings is 1. The van der Waals surface area contributed by atoms with Gasteiger partial charge in [-0.1, -0.05) is 29.8 Å². The summed E-state index contributed by atoms with van der Waals surface area (Å²) < 4.78 is 5.81. The van der Waals surface area contributed by atoms with Gasteiger partial charge in [0, 0.05) is 34.1 Å². The highest BCUT2D eigenvalue weighted by atomic mass is 35.5. The van der Waals surface area contributed by atoms with E-state index in [0.29, 0.717) is 28.8 Å². The molecule has 150 valence electrons. The summed E-state index contributed by atoms with van der Waals surface area (Å²) in [5.41, 5.74) is 4.07. The van der Waals surface area contributed by atoms with Crippen LogP contribution in [0.4, 0.5) is 5.82 Å². The van der Waals surface area contributed by atoms with E-state index in [-0.39, 0.29) is 5.91 Å². The first-order chi connectivity index (χ1) is 14.6. The smallest absolute Gasteiger partial charge is 0.257 e. The summed E-state index contributed by atoms with van der Waals surface area (Å²) in [5, 5.41) is 10.7. The molecule has 2 N–H and O–H groups in total. The predicted molar refractivity (Wildman–Crippen MR) is 117 cm³/mol. The van der Waals surface area contributed by atoms with E-state index in [1.54, 1.807) is 30.6 Å². The van der Waals surface area contributed by atoms with Gasteiger partial charge in [-0.2, -0.15) is 5.10 Å². The minimum Gasteiger partial charge on any atom is -0.489 e. The Morgan fingerprint density at radius 3 is 2.70 bits per heavy atom. The maximum atomic E-state index is 12.7. The standard InChI is InChI=1S/C23H19ClN4O2/c1-15-21(17-8-10-25-11-9-17)27-28-22(15)26-23(29)18-5-3-7-20(13-18)30-14-16-4-2-6-19(24)12-16/h2-13H,14H2,1H3,(H2,26,27,28,29). The number of ether oxygens (including phenoxy) is 1. The fraction of sp³-hybridized carbons (Fsp3) is 0.0870. The van der Waals surface area contributed by atoms with Crippen molar-refractivity contribution in [2.45, 2.75) is 13.5 Å². The van der Waals surface area contributed by atoms with Gasteiger partial charge in [-0.3, -0.25) is 14.9 Å². The van der Waals surface area contributed by atoms with Crippen LogP contribution >= 0.6 is 11.6 Å². The summed E-state index contributed by atoms with van der Waals surface area (Å²) in [5.74, 6) is 0.815. The molecule has 30 heavy (non-hydrogen) atoms. The second-order valence-corrected chi connectivity index (χ2v) is 7.15. The molecule has 0 spiro atoms. The molecule has 6 nitrogen and oxygen atoms in total. The summed E-state index contributed by atoms with van der Waals surface area (Å²) in [4.78, 5) is 16.8. The fourth-order valence-corrected chi connectivity index (χ4v) is 3.23. The van der Waals surface area contributed by atoms with E-state index in [2.05, 4.69) is 20.5 Å². The fourth-order valence-electron chi connectivity index (χ4n) is 3.02. The minimum absolute atomic E-state index is 0.265. The Labute approximate surface area is 178 Å². The maximum absolute atomic E-state index is 12.7. The molecule has 0 radical (unpaired) electrons. The van der Waals surface area contributed by atoms with Crippen molar-refractivity contribution in [1.82, 2.24) is 15.2 Å². The van der Waals surface area contributed by atoms with Gasteiger partial charge in [0.15, 0.2) is 5.82 Å². The molecule has 0 aliphatic carbocycles. The Hall–Kier alpha value is -3.64. The number of amides is 1. The number of benzene rings is 2. The van der Waals surface area contributed by atoms with Crippen molar-refractivity contribution in [2.75, 3.05) is 5.32 Å². The Kier molecular flexibility index (Phi) is 5.77. The minimum atomic E-state index is -0.265. The molecule has 0 saturated carbocycles. The van der Waals surface area contributed by atoms with Crippen molar-refractivity contribution in [3.8, 4) is 17.0 Å². The second-order valence-electron chi connectivity index (χ2n) is 6.71. The Bertz CT molecular complexity index is 1170. The van der Waals surface area contributed by atoms with Gasteiger partial charge in [0.1, 0.15) is 12.4 Å². The number of hydrogen-bond acceptors (Lipinski definition) is 4. The number of carbonyl (C=O) groups is 1. The van der Waals surface area contributed by atoms with E-state index >= 15 is 0 Å². The van der Waals surface area contributed by atoms with Gasteiger partial charge in [0.05, 0.1) is 5.69 Å². The van der Waals surface area contributed by atoms with Gasteiger partial charge in [0.25, 0.3) is 5.91 Å². The van der Waals surface area contributed by atoms with Crippen LogP contribution in [0.1, 0.15) is 21.5 Å². The molecule has 0 aliphatic rings. The quantitative estimate of drug-likeness (QED) is 0.447. The van der Waals surface area contributed by atoms with Gasteiger partial charge in [-0.05, 0) is 55.0 Å². The monoisotopic (exact) mass is 418 g/mol. The molecule has 7 heteroatoms. The topological polar surface area (TPSA) is 79.9 Å². The summed E-state index contributed by atoms with van der Waals surface area (Å²) in [7, 11) is 0. The second kappa shape index (κ2) is 8.80. The SMILES string of the molecule is Cc1c(NC(=O)c2cccc(OCc3cccc(Cl)c3)c2)n[nH]c1-c1ccncc1. The van der Waals surface area contributed by atoms with Crippen molar-refractivity contribution in [1.29, 1.82) is 0 Å². The molecule has 0 atom stereocenters. The van der Waals surface area contributed by atoms with Crippen LogP contribution in [-0.2, 0) is 6.61 Å². The number of carbonyl (C=O) groups excluding carboxylic acids is 1. The van der Waals surface area contributed by atoms with E-state index in [9.17, 15) is 4.79 Å². The van der Waals surface area contributed by atoms with Gasteiger partial charge < -0.3 is 10.1 Å². The lowest BCUT2D eigenvalue weighted by Crippen LogP contribution is -2.13. The van der Waals surface area contributed by atoms with Crippen molar-refractivity contribution in [3.63, 3.8) is 0 Å². The average molecular weight is 419 g/mol. The molecule has 0 bridgehead atoms. The van der Waals surface area contributed by atoms with E-state index in [1.807, 2.05) is 49.4 Å². The summed E-state index contributed by atoms with van der Waals surface area (Å²) in [6.07, 6.45) is 3.42. The van der Waals surface area contributed by atoms with Crippen LogP contribution in [0.15, 0.2) is 73.1 Å². The van der Waals surface area contributed by atoms with Gasteiger partial charge in [-0.15, -0.1) is 0 Å². The van der Waals surface area contributed by atoms with Crippen molar-refractivity contribution < 1.29 is 9.53 Å². The van der Waals surface area contributed by atoms with E-state index < -0.39 is 0 Å². The van der Waals surface area contributed by atoms with Crippen LogP contribution in [0.2, 0.25) is 5.02 Å². The zero-order valence-corrected chi connectivity index (χ0v) is 17.0. The summed E-state index contributed by atoms with van der Waals surface area (Å²) in [6.45, 7) is 2.26. The first-order valence-corrected chi connectivity index (χ1v) is 9.72. The van der Waals surface area contributed by atoms with Crippen LogP contribution in [0.25, 0.3) is 11.3 Å². The lowest BCUT2D eigenvalue weighted by Gasteiger charge is -2.09. The lowest BCUT2D eigenvalue weighted by molar-refractivity contribution is 0.102. The third-order valence-corrected chi connectivity index (χ3v) is 4.84. The number of rotatable bonds is 6. The predicted octanol–water partition coefficient (Wildman–Crippen LogP) is 5.26. The molecule has 4 rings (SSSR count). The normalized spacial score (nSPS) is 10.6. The molecule has 2 aromatic carbocycles. The van der Waals surface area contributed by atoms with E-state index in [0.717, 1.165) is 22.4 Å². The van der Waals surface area contributed by atoms with Gasteiger partial charge in [-0.25, -0.2) is 0 Å². The molecule has 0 aliphatic heterocycles. The van der Waals surface area contributed by atoms with Crippen molar-refractivity contribution in [2.24, 2.45) is 0 Å². The third-order valence-electron chi connectivity index (χ3n) is 4.60. The molecule has 2 heterocycles. The number of aromatic amines is 1. The van der Waals surface area contributed by atoms with Crippen LogP contribution in [-0.4, -0.2) is 21.1 Å². The highest BCUT2D eigenvalue weighted by Gasteiger charge is 2.14. The molecular formula is C23H19ClN4O2. The first-order valence-electron chi connectivity index (χ1n) is 9.34. The number of H-pyrrole nitrogens is 1. The number of nitrogens with zero attached hydrogens (tertiary/aromatic N) is 2. The summed E-state index contributed by atoms with van der Waals surface area (Å²) >= 11 is 6.00. The Morgan fingerprint density at radius 2 is 1.90 bits per heavy atom. The van der Waals surface area contributed by atoms with Crippen molar-refractivity contribution >= 4 is 23.3 Å². The zero-order valence-electron chi connectivity index (χ0n) is 16.2. The van der Waals surface area contributed by atoms with Gasteiger partial charge >= 0.3 is 0 Å².